The van der Waals surface area contributed by atoms with Crippen molar-refractivity contribution >= 4 is 5.91 Å². The van der Waals surface area contributed by atoms with Crippen LogP contribution in [0.4, 0.5) is 8.78 Å². The minimum atomic E-state index is -0.723. The predicted octanol–water partition coefficient (Wildman–Crippen LogP) is 2.71. The largest absolute Gasteiger partial charge is 0.482 e. The standard InChI is InChI=1S/C28H27F2N5O5/c1-39-10-9-33-17-32-35-23(15-36)24(20-12-31-34(14-20)13-19-7-8-21(29)11-22(19)30)26(37)27(25(35)28(33)38)40-16-18-5-3-2-4-6-18/h2-8,11-12,14,32,36H,9-10,13,15-17H2,1H3. The van der Waals surface area contributed by atoms with Crippen LogP contribution in [0, 0.1) is 11.6 Å². The molecule has 10 nitrogen and oxygen atoms in total. The Morgan fingerprint density at radius 1 is 1.12 bits per heavy atom. The van der Waals surface area contributed by atoms with E-state index in [0.717, 1.165) is 17.7 Å². The van der Waals surface area contributed by atoms with Gasteiger partial charge in [-0.1, -0.05) is 36.4 Å². The summed E-state index contributed by atoms with van der Waals surface area (Å²) in [5.74, 6) is -2.06. The van der Waals surface area contributed by atoms with Gasteiger partial charge in [-0.3, -0.25) is 18.9 Å². The van der Waals surface area contributed by atoms with E-state index in [9.17, 15) is 23.5 Å². The molecule has 0 atom stereocenters. The molecule has 0 bridgehead atoms. The third kappa shape index (κ3) is 5.31. The first-order valence-electron chi connectivity index (χ1n) is 12.5. The van der Waals surface area contributed by atoms with Crippen LogP contribution in [0.1, 0.15) is 27.3 Å². The van der Waals surface area contributed by atoms with Crippen LogP contribution in [-0.4, -0.2) is 57.3 Å². The van der Waals surface area contributed by atoms with Crippen LogP contribution < -0.4 is 15.6 Å². The average Bonchev–Trinajstić information content (AvgIpc) is 3.41. The summed E-state index contributed by atoms with van der Waals surface area (Å²) in [6.07, 6.45) is 2.92. The Balaban J connectivity index is 1.59. The van der Waals surface area contributed by atoms with E-state index >= 15 is 0 Å². The highest BCUT2D eigenvalue weighted by Crippen LogP contribution is 2.29. The molecule has 1 aliphatic heterocycles. The molecule has 0 saturated carbocycles. The first-order chi connectivity index (χ1) is 19.4. The zero-order chi connectivity index (χ0) is 28.2. The summed E-state index contributed by atoms with van der Waals surface area (Å²) in [6, 6.07) is 12.4. The van der Waals surface area contributed by atoms with Gasteiger partial charge in [-0.05, 0) is 11.6 Å². The lowest BCUT2D eigenvalue weighted by molar-refractivity contribution is 0.0656. The summed E-state index contributed by atoms with van der Waals surface area (Å²) in [5, 5.41) is 14.6. The number of aromatic nitrogens is 3. The Bertz CT molecular complexity index is 1590. The fourth-order valence-corrected chi connectivity index (χ4v) is 4.54. The Morgan fingerprint density at radius 2 is 1.93 bits per heavy atom. The molecule has 0 unspecified atom stereocenters. The van der Waals surface area contributed by atoms with E-state index in [-0.39, 0.29) is 61.2 Å². The molecule has 2 aromatic carbocycles. The minimum absolute atomic E-state index is 0.0184. The highest BCUT2D eigenvalue weighted by Gasteiger charge is 2.34. The second-order valence-electron chi connectivity index (χ2n) is 9.14. The number of ether oxygens (including phenoxy) is 2. The maximum Gasteiger partial charge on any atom is 0.277 e. The normalized spacial score (nSPS) is 12.8. The number of nitrogens with one attached hydrogen (secondary N) is 1. The Labute approximate surface area is 228 Å². The third-order valence-electron chi connectivity index (χ3n) is 6.55. The number of amides is 1. The highest BCUT2D eigenvalue weighted by atomic mass is 19.1. The SMILES string of the molecule is COCCN1CNn2c(CO)c(-c3cnn(Cc4ccc(F)cc4F)c3)c(=O)c(OCc3ccccc3)c2C1=O. The van der Waals surface area contributed by atoms with Crippen LogP contribution in [0.15, 0.2) is 65.7 Å². The molecular weight excluding hydrogens is 524 g/mol. The van der Waals surface area contributed by atoms with Crippen molar-refractivity contribution in [3.05, 3.63) is 105 Å². The summed E-state index contributed by atoms with van der Waals surface area (Å²) < 4.78 is 41.4. The Morgan fingerprint density at radius 3 is 2.65 bits per heavy atom. The number of aliphatic hydroxyl groups excluding tert-OH is 1. The van der Waals surface area contributed by atoms with Gasteiger partial charge < -0.3 is 24.9 Å². The third-order valence-corrected chi connectivity index (χ3v) is 6.55. The zero-order valence-electron chi connectivity index (χ0n) is 21.6. The van der Waals surface area contributed by atoms with Crippen molar-refractivity contribution in [3.63, 3.8) is 0 Å². The van der Waals surface area contributed by atoms with E-state index in [1.807, 2.05) is 30.3 Å². The van der Waals surface area contributed by atoms with Gasteiger partial charge in [-0.15, -0.1) is 0 Å². The van der Waals surface area contributed by atoms with Gasteiger partial charge in [0.2, 0.25) is 5.43 Å². The maximum atomic E-state index is 14.2. The number of hydrogen-bond donors (Lipinski definition) is 2. The summed E-state index contributed by atoms with van der Waals surface area (Å²) in [5.41, 5.74) is 3.96. The second-order valence-corrected chi connectivity index (χ2v) is 9.14. The monoisotopic (exact) mass is 551 g/mol. The minimum Gasteiger partial charge on any atom is -0.482 e. The van der Waals surface area contributed by atoms with E-state index in [0.29, 0.717) is 5.56 Å². The zero-order valence-corrected chi connectivity index (χ0v) is 21.6. The molecule has 0 fully saturated rings. The molecule has 0 saturated heterocycles. The van der Waals surface area contributed by atoms with E-state index in [2.05, 4.69) is 10.5 Å². The number of aliphatic hydroxyl groups is 1. The predicted molar refractivity (Wildman–Crippen MR) is 141 cm³/mol. The van der Waals surface area contributed by atoms with Gasteiger partial charge in [0.15, 0.2) is 11.4 Å². The number of methoxy groups -OCH3 is 1. The number of hydrogen-bond acceptors (Lipinski definition) is 7. The van der Waals surface area contributed by atoms with E-state index in [4.69, 9.17) is 9.47 Å². The van der Waals surface area contributed by atoms with Gasteiger partial charge in [0.05, 0.1) is 37.2 Å². The number of halogens is 2. The maximum absolute atomic E-state index is 14.2. The second kappa shape index (κ2) is 11.7. The molecule has 1 amide bonds. The van der Waals surface area contributed by atoms with E-state index in [1.165, 1.54) is 39.8 Å². The van der Waals surface area contributed by atoms with Crippen LogP contribution >= 0.6 is 0 Å². The molecule has 0 radical (unpaired) electrons. The molecule has 0 spiro atoms. The molecule has 5 rings (SSSR count). The lowest BCUT2D eigenvalue weighted by Crippen LogP contribution is -2.49. The average molecular weight is 552 g/mol. The van der Waals surface area contributed by atoms with Crippen LogP contribution in [0.25, 0.3) is 11.1 Å². The first kappa shape index (κ1) is 27.0. The lowest BCUT2D eigenvalue weighted by atomic mass is 10.0. The summed E-state index contributed by atoms with van der Waals surface area (Å²) >= 11 is 0. The molecule has 208 valence electrons. The number of pyridine rings is 1. The molecule has 2 N–H and O–H groups in total. The quantitative estimate of drug-likeness (QED) is 0.312. The van der Waals surface area contributed by atoms with Crippen molar-refractivity contribution in [2.75, 3.05) is 32.4 Å². The highest BCUT2D eigenvalue weighted by molar-refractivity contribution is 5.97. The fraction of sp³-hybridized carbons (Fsp3) is 0.250. The Kier molecular flexibility index (Phi) is 7.89. The summed E-state index contributed by atoms with van der Waals surface area (Å²) in [6.45, 7) is 0.0947. The van der Waals surface area contributed by atoms with E-state index in [1.54, 1.807) is 0 Å². The molecule has 12 heteroatoms. The smallest absolute Gasteiger partial charge is 0.277 e. The lowest BCUT2D eigenvalue weighted by Gasteiger charge is -2.33. The number of rotatable bonds is 10. The van der Waals surface area contributed by atoms with Crippen molar-refractivity contribution < 1.29 is 28.2 Å². The Hall–Kier alpha value is -4.55. The molecular formula is C28H27F2N5O5. The van der Waals surface area contributed by atoms with Crippen molar-refractivity contribution in [2.45, 2.75) is 19.8 Å². The number of fused-ring (bicyclic) bond motifs is 1. The summed E-state index contributed by atoms with van der Waals surface area (Å²) in [7, 11) is 1.52. The van der Waals surface area contributed by atoms with Gasteiger partial charge >= 0.3 is 0 Å². The van der Waals surface area contributed by atoms with Crippen LogP contribution in [0.2, 0.25) is 0 Å². The summed E-state index contributed by atoms with van der Waals surface area (Å²) in [4.78, 5) is 28.9. The number of carbonyl (C=O) groups is 1. The van der Waals surface area contributed by atoms with Crippen molar-refractivity contribution in [1.29, 1.82) is 0 Å². The molecule has 40 heavy (non-hydrogen) atoms. The molecule has 3 heterocycles. The fourth-order valence-electron chi connectivity index (χ4n) is 4.54. The van der Waals surface area contributed by atoms with Gasteiger partial charge in [-0.25, -0.2) is 8.78 Å². The van der Waals surface area contributed by atoms with Crippen molar-refractivity contribution in [3.8, 4) is 16.9 Å². The number of nitrogens with zero attached hydrogens (tertiary/aromatic N) is 4. The molecule has 4 aromatic rings. The van der Waals surface area contributed by atoms with Gasteiger partial charge in [0.25, 0.3) is 5.91 Å². The van der Waals surface area contributed by atoms with Gasteiger partial charge in [-0.2, -0.15) is 5.10 Å². The number of benzene rings is 2. The molecule has 2 aromatic heterocycles. The molecule has 1 aliphatic rings. The van der Waals surface area contributed by atoms with Crippen LogP contribution in [0.5, 0.6) is 5.75 Å². The van der Waals surface area contributed by atoms with Crippen LogP contribution in [0.3, 0.4) is 0 Å². The number of carbonyl (C=O) groups excluding carboxylic acids is 1. The van der Waals surface area contributed by atoms with Gasteiger partial charge in [0.1, 0.15) is 24.9 Å². The van der Waals surface area contributed by atoms with Crippen molar-refractivity contribution in [1.82, 2.24) is 19.4 Å². The molecule has 0 aliphatic carbocycles. The van der Waals surface area contributed by atoms with Crippen molar-refractivity contribution in [2.24, 2.45) is 0 Å². The topological polar surface area (TPSA) is 111 Å². The van der Waals surface area contributed by atoms with Crippen LogP contribution in [-0.2, 0) is 24.5 Å². The van der Waals surface area contributed by atoms with Gasteiger partial charge in [0, 0.05) is 37.0 Å². The first-order valence-corrected chi connectivity index (χ1v) is 12.5. The van der Waals surface area contributed by atoms with E-state index < -0.39 is 29.6 Å².